The van der Waals surface area contributed by atoms with E-state index in [9.17, 15) is 8.42 Å². The molecule has 5 nitrogen and oxygen atoms in total. The maximum Gasteiger partial charge on any atom is 0.243 e. The average molecular weight is 293 g/mol. The number of nitrogens with two attached hydrogens (primary N) is 1. The SMILES string of the molecule is CC1CCN(S(=O)(=O)c2cccc(C#N)c2)C(CN)C1. The predicted molar refractivity (Wildman–Crippen MR) is 76.3 cm³/mol. The molecule has 2 N–H and O–H groups in total. The zero-order chi connectivity index (χ0) is 14.8. The molecule has 1 aromatic rings. The van der Waals surface area contributed by atoms with Crippen molar-refractivity contribution in [3.63, 3.8) is 0 Å². The van der Waals surface area contributed by atoms with Gasteiger partial charge in [0, 0.05) is 19.1 Å². The molecule has 0 saturated carbocycles. The summed E-state index contributed by atoms with van der Waals surface area (Å²) in [7, 11) is -3.58. The van der Waals surface area contributed by atoms with E-state index in [0.717, 1.165) is 12.8 Å². The summed E-state index contributed by atoms with van der Waals surface area (Å²) >= 11 is 0. The van der Waals surface area contributed by atoms with Gasteiger partial charge in [-0.05, 0) is 37.0 Å². The Balaban J connectivity index is 2.36. The molecule has 0 aliphatic carbocycles. The van der Waals surface area contributed by atoms with Crippen LogP contribution in [-0.2, 0) is 10.0 Å². The minimum atomic E-state index is -3.58. The molecule has 1 aromatic carbocycles. The Hall–Kier alpha value is -1.42. The molecular weight excluding hydrogens is 274 g/mol. The third-order valence-electron chi connectivity index (χ3n) is 3.77. The van der Waals surface area contributed by atoms with Gasteiger partial charge >= 0.3 is 0 Å². The van der Waals surface area contributed by atoms with Crippen LogP contribution in [-0.4, -0.2) is 31.9 Å². The fraction of sp³-hybridized carbons (Fsp3) is 0.500. The molecule has 1 aliphatic heterocycles. The molecule has 20 heavy (non-hydrogen) atoms. The number of sulfonamides is 1. The molecule has 2 rings (SSSR count). The Morgan fingerprint density at radius 3 is 2.90 bits per heavy atom. The van der Waals surface area contributed by atoms with Gasteiger partial charge in [-0.2, -0.15) is 9.57 Å². The van der Waals surface area contributed by atoms with Crippen LogP contribution in [0.15, 0.2) is 29.2 Å². The normalized spacial score (nSPS) is 24.2. The first-order chi connectivity index (χ1) is 9.48. The van der Waals surface area contributed by atoms with Crippen LogP contribution in [0.4, 0.5) is 0 Å². The van der Waals surface area contributed by atoms with Crippen LogP contribution in [0.5, 0.6) is 0 Å². The Labute approximate surface area is 120 Å². The standard InChI is InChI=1S/C14H19N3O2S/c1-11-5-6-17(13(7-11)10-16)20(18,19)14-4-2-3-12(8-14)9-15/h2-4,8,11,13H,5-7,10,16H2,1H3. The highest BCUT2D eigenvalue weighted by atomic mass is 32.2. The molecule has 0 bridgehead atoms. The Bertz CT molecular complexity index is 622. The maximum absolute atomic E-state index is 12.7. The van der Waals surface area contributed by atoms with Crippen LogP contribution in [0.1, 0.15) is 25.3 Å². The summed E-state index contributed by atoms with van der Waals surface area (Å²) in [5.74, 6) is 0.487. The first-order valence-electron chi connectivity index (χ1n) is 6.71. The number of hydrogen-bond donors (Lipinski definition) is 1. The summed E-state index contributed by atoms with van der Waals surface area (Å²) in [4.78, 5) is 0.171. The highest BCUT2D eigenvalue weighted by molar-refractivity contribution is 7.89. The van der Waals surface area contributed by atoms with Crippen molar-refractivity contribution in [3.05, 3.63) is 29.8 Å². The molecule has 0 amide bonds. The van der Waals surface area contributed by atoms with E-state index in [1.165, 1.54) is 16.4 Å². The Kier molecular flexibility index (Phi) is 4.43. The van der Waals surface area contributed by atoms with Gasteiger partial charge in [0.2, 0.25) is 10.0 Å². The third-order valence-corrected chi connectivity index (χ3v) is 5.71. The zero-order valence-corrected chi connectivity index (χ0v) is 12.3. The second-order valence-corrected chi connectivity index (χ2v) is 7.17. The molecule has 108 valence electrons. The molecule has 1 aliphatic rings. The molecule has 6 heteroatoms. The van der Waals surface area contributed by atoms with Gasteiger partial charge in [-0.15, -0.1) is 0 Å². The van der Waals surface area contributed by atoms with E-state index in [1.807, 2.05) is 6.07 Å². The largest absolute Gasteiger partial charge is 0.329 e. The van der Waals surface area contributed by atoms with Gasteiger partial charge in [0.05, 0.1) is 16.5 Å². The number of hydrogen-bond acceptors (Lipinski definition) is 4. The van der Waals surface area contributed by atoms with Crippen LogP contribution in [0.2, 0.25) is 0 Å². The number of piperidine rings is 1. The predicted octanol–water partition coefficient (Wildman–Crippen LogP) is 1.31. The van der Waals surface area contributed by atoms with Gasteiger partial charge in [0.25, 0.3) is 0 Å². The summed E-state index contributed by atoms with van der Waals surface area (Å²) in [6.07, 6.45) is 1.63. The van der Waals surface area contributed by atoms with E-state index in [1.54, 1.807) is 12.1 Å². The van der Waals surface area contributed by atoms with Gasteiger partial charge in [0.1, 0.15) is 0 Å². The first kappa shape index (κ1) is 15.0. The van der Waals surface area contributed by atoms with Crippen molar-refractivity contribution in [2.75, 3.05) is 13.1 Å². The summed E-state index contributed by atoms with van der Waals surface area (Å²) in [6, 6.07) is 7.94. The fourth-order valence-corrected chi connectivity index (χ4v) is 4.33. The van der Waals surface area contributed by atoms with Gasteiger partial charge in [0.15, 0.2) is 0 Å². The van der Waals surface area contributed by atoms with Gasteiger partial charge in [-0.3, -0.25) is 0 Å². The average Bonchev–Trinajstić information content (AvgIpc) is 2.46. The van der Waals surface area contributed by atoms with Crippen molar-refractivity contribution < 1.29 is 8.42 Å². The van der Waals surface area contributed by atoms with Crippen LogP contribution in [0, 0.1) is 17.2 Å². The van der Waals surface area contributed by atoms with E-state index < -0.39 is 10.0 Å². The maximum atomic E-state index is 12.7. The van der Waals surface area contributed by atoms with Gasteiger partial charge in [-0.25, -0.2) is 8.42 Å². The van der Waals surface area contributed by atoms with Crippen LogP contribution in [0.25, 0.3) is 0 Å². The number of nitrogens with zero attached hydrogens (tertiary/aromatic N) is 2. The minimum Gasteiger partial charge on any atom is -0.329 e. The number of nitriles is 1. The molecule has 2 unspecified atom stereocenters. The van der Waals surface area contributed by atoms with E-state index in [-0.39, 0.29) is 10.9 Å². The summed E-state index contributed by atoms with van der Waals surface area (Å²) in [5, 5.41) is 8.89. The minimum absolute atomic E-state index is 0.158. The van der Waals surface area contributed by atoms with E-state index in [2.05, 4.69) is 6.92 Å². The lowest BCUT2D eigenvalue weighted by Gasteiger charge is -2.36. The van der Waals surface area contributed by atoms with Crippen molar-refractivity contribution in [1.29, 1.82) is 5.26 Å². The highest BCUT2D eigenvalue weighted by Crippen LogP contribution is 2.28. The highest BCUT2D eigenvalue weighted by Gasteiger charge is 2.34. The molecule has 0 aromatic heterocycles. The molecule has 1 saturated heterocycles. The number of benzene rings is 1. The van der Waals surface area contributed by atoms with Gasteiger partial charge < -0.3 is 5.73 Å². The first-order valence-corrected chi connectivity index (χ1v) is 8.15. The molecule has 1 heterocycles. The zero-order valence-electron chi connectivity index (χ0n) is 11.5. The van der Waals surface area contributed by atoms with Crippen LogP contribution >= 0.6 is 0 Å². The van der Waals surface area contributed by atoms with Crippen molar-refractivity contribution in [1.82, 2.24) is 4.31 Å². The lowest BCUT2D eigenvalue weighted by molar-refractivity contribution is 0.211. The monoisotopic (exact) mass is 293 g/mol. The molecule has 0 spiro atoms. The molecule has 1 fully saturated rings. The van der Waals surface area contributed by atoms with Crippen molar-refractivity contribution in [2.24, 2.45) is 11.7 Å². The molecule has 2 atom stereocenters. The lowest BCUT2D eigenvalue weighted by Crippen LogP contribution is -2.49. The topological polar surface area (TPSA) is 87.2 Å². The van der Waals surface area contributed by atoms with Crippen LogP contribution < -0.4 is 5.73 Å². The Morgan fingerprint density at radius 1 is 1.50 bits per heavy atom. The smallest absolute Gasteiger partial charge is 0.243 e. The van der Waals surface area contributed by atoms with Gasteiger partial charge in [-0.1, -0.05) is 13.0 Å². The van der Waals surface area contributed by atoms with E-state index >= 15 is 0 Å². The summed E-state index contributed by atoms with van der Waals surface area (Å²) < 4.78 is 26.9. The van der Waals surface area contributed by atoms with Crippen molar-refractivity contribution in [3.8, 4) is 6.07 Å². The Morgan fingerprint density at radius 2 is 2.25 bits per heavy atom. The summed E-state index contributed by atoms with van der Waals surface area (Å²) in [6.45, 7) is 2.92. The second-order valence-electron chi connectivity index (χ2n) is 5.27. The molecular formula is C14H19N3O2S. The summed E-state index contributed by atoms with van der Waals surface area (Å²) in [5.41, 5.74) is 6.08. The second kappa shape index (κ2) is 5.92. The fourth-order valence-electron chi connectivity index (χ4n) is 2.62. The molecule has 0 radical (unpaired) electrons. The quantitative estimate of drug-likeness (QED) is 0.910. The van der Waals surface area contributed by atoms with Crippen molar-refractivity contribution >= 4 is 10.0 Å². The third kappa shape index (κ3) is 2.85. The lowest BCUT2D eigenvalue weighted by atomic mass is 9.94. The van der Waals surface area contributed by atoms with Crippen LogP contribution in [0.3, 0.4) is 0 Å². The van der Waals surface area contributed by atoms with E-state index in [0.29, 0.717) is 24.6 Å². The van der Waals surface area contributed by atoms with Crippen molar-refractivity contribution in [2.45, 2.75) is 30.7 Å². The van der Waals surface area contributed by atoms with E-state index in [4.69, 9.17) is 11.0 Å². The number of rotatable bonds is 3.